The molecule has 0 unspecified atom stereocenters. The van der Waals surface area contributed by atoms with Gasteiger partial charge in [-0.05, 0) is 0 Å². The molecule has 0 spiro atoms. The molecular weight excluding hydrogens is 140 g/mol. The van der Waals surface area contributed by atoms with E-state index < -0.39 is 19.3 Å². The van der Waals surface area contributed by atoms with Crippen molar-refractivity contribution in [3.63, 3.8) is 0 Å². The van der Waals surface area contributed by atoms with Gasteiger partial charge < -0.3 is 4.52 Å². The Morgan fingerprint density at radius 3 is 2.60 bits per heavy atom. The van der Waals surface area contributed by atoms with Crippen molar-refractivity contribution >= 4 is 0 Å². The van der Waals surface area contributed by atoms with Gasteiger partial charge in [0.1, 0.15) is 19.6 Å². The molecule has 0 atom stereocenters. The summed E-state index contributed by atoms with van der Waals surface area (Å²) in [5, 5.41) is 3.40. The Balaban J connectivity index is 2.64. The van der Waals surface area contributed by atoms with Gasteiger partial charge in [0, 0.05) is 6.07 Å². The average Bonchev–Trinajstić information content (AvgIpc) is 2.43. The van der Waals surface area contributed by atoms with Crippen LogP contribution in [0, 0.1) is 0 Å². The summed E-state index contributed by atoms with van der Waals surface area (Å²) < 4.78 is 28.2. The lowest BCUT2D eigenvalue weighted by Crippen LogP contribution is -2.02. The van der Waals surface area contributed by atoms with E-state index in [2.05, 4.69) is 9.68 Å². The molecule has 0 fully saturated rings. The molecule has 0 aliphatic heterocycles. The van der Waals surface area contributed by atoms with Gasteiger partial charge in [0.25, 0.3) is 0 Å². The van der Waals surface area contributed by atoms with E-state index in [1.807, 2.05) is 0 Å². The lowest BCUT2D eigenvalue weighted by molar-refractivity contribution is 0.331. The Kier molecular flexibility index (Phi) is 2.36. The lowest BCUT2D eigenvalue weighted by Gasteiger charge is -2.00. The second kappa shape index (κ2) is 3.29. The molecule has 0 saturated heterocycles. The minimum Gasteiger partial charge on any atom is -0.364 e. The van der Waals surface area contributed by atoms with Gasteiger partial charge in [-0.3, -0.25) is 8.78 Å². The van der Waals surface area contributed by atoms with Crippen LogP contribution in [0.4, 0.5) is 8.78 Å². The van der Waals surface area contributed by atoms with Crippen LogP contribution in [0.15, 0.2) is 16.9 Å². The molecule has 10 heavy (non-hydrogen) atoms. The van der Waals surface area contributed by atoms with E-state index >= 15 is 0 Å². The molecule has 0 bridgehead atoms. The van der Waals surface area contributed by atoms with E-state index in [0.717, 1.165) is 0 Å². The highest BCUT2D eigenvalue weighted by molar-refractivity contribution is 5.03. The van der Waals surface area contributed by atoms with Crippen molar-refractivity contribution in [2.45, 2.75) is 5.92 Å². The molecule has 0 N–H and O–H groups in total. The summed E-state index contributed by atoms with van der Waals surface area (Å²) >= 11 is 0. The van der Waals surface area contributed by atoms with Gasteiger partial charge in [0.15, 0.2) is 0 Å². The van der Waals surface area contributed by atoms with Crippen molar-refractivity contribution in [3.8, 4) is 0 Å². The fourth-order valence-corrected chi connectivity index (χ4v) is 0.632. The van der Waals surface area contributed by atoms with Gasteiger partial charge in [-0.15, -0.1) is 0 Å². The van der Waals surface area contributed by atoms with Crippen molar-refractivity contribution in [2.24, 2.45) is 0 Å². The molecule has 0 aliphatic rings. The van der Waals surface area contributed by atoms with Crippen LogP contribution in [0.1, 0.15) is 11.6 Å². The Morgan fingerprint density at radius 2 is 2.20 bits per heavy atom. The van der Waals surface area contributed by atoms with E-state index in [0.29, 0.717) is 5.69 Å². The lowest BCUT2D eigenvalue weighted by atomic mass is 10.1. The highest BCUT2D eigenvalue weighted by Gasteiger charge is 2.13. The maximum absolute atomic E-state index is 11.9. The predicted molar refractivity (Wildman–Crippen MR) is 31.2 cm³/mol. The Morgan fingerprint density at radius 1 is 1.50 bits per heavy atom. The third kappa shape index (κ3) is 1.32. The molecule has 56 valence electrons. The molecule has 1 aromatic rings. The van der Waals surface area contributed by atoms with Crippen molar-refractivity contribution in [2.75, 3.05) is 13.3 Å². The van der Waals surface area contributed by atoms with E-state index in [1.165, 1.54) is 12.3 Å². The van der Waals surface area contributed by atoms with E-state index in [4.69, 9.17) is 0 Å². The van der Waals surface area contributed by atoms with Gasteiger partial charge >= 0.3 is 0 Å². The molecule has 0 amide bonds. The first-order valence-corrected chi connectivity index (χ1v) is 2.90. The zero-order valence-electron chi connectivity index (χ0n) is 5.26. The SMILES string of the molecule is FCC(CF)c1ccon1. The van der Waals surface area contributed by atoms with Crippen LogP contribution in [0.25, 0.3) is 0 Å². The molecule has 0 aliphatic carbocycles. The van der Waals surface area contributed by atoms with Crippen molar-refractivity contribution in [3.05, 3.63) is 18.0 Å². The Bertz CT molecular complexity index is 172. The molecule has 1 heterocycles. The monoisotopic (exact) mass is 147 g/mol. The minimum absolute atomic E-state index is 0.338. The zero-order chi connectivity index (χ0) is 7.40. The number of hydrogen-bond acceptors (Lipinski definition) is 2. The van der Waals surface area contributed by atoms with E-state index in [9.17, 15) is 8.78 Å². The summed E-state index contributed by atoms with van der Waals surface area (Å²) in [5.41, 5.74) is 0.338. The molecule has 0 radical (unpaired) electrons. The van der Waals surface area contributed by atoms with Crippen molar-refractivity contribution < 1.29 is 13.3 Å². The largest absolute Gasteiger partial charge is 0.364 e. The Labute approximate surface area is 56.8 Å². The summed E-state index contributed by atoms with van der Waals surface area (Å²) in [5.74, 6) is -0.751. The normalized spacial score (nSPS) is 10.7. The fourth-order valence-electron chi connectivity index (χ4n) is 0.632. The molecule has 0 aromatic carbocycles. The minimum atomic E-state index is -0.751. The van der Waals surface area contributed by atoms with Crippen LogP contribution < -0.4 is 0 Å². The number of aromatic nitrogens is 1. The maximum atomic E-state index is 11.9. The highest BCUT2D eigenvalue weighted by atomic mass is 19.1. The average molecular weight is 147 g/mol. The topological polar surface area (TPSA) is 26.0 Å². The predicted octanol–water partition coefficient (Wildman–Crippen LogP) is 1.70. The van der Waals surface area contributed by atoms with Gasteiger partial charge in [0.05, 0.1) is 11.6 Å². The fraction of sp³-hybridized carbons (Fsp3) is 0.500. The smallest absolute Gasteiger partial charge is 0.124 e. The standard InChI is InChI=1S/C6H7F2NO/c7-3-5(4-8)6-1-2-10-9-6/h1-2,5H,3-4H2. The summed E-state index contributed by atoms with van der Waals surface area (Å²) in [6.45, 7) is -1.47. The molecule has 0 saturated carbocycles. The molecule has 2 nitrogen and oxygen atoms in total. The van der Waals surface area contributed by atoms with Gasteiger partial charge in [0.2, 0.25) is 0 Å². The number of hydrogen-bond donors (Lipinski definition) is 0. The van der Waals surface area contributed by atoms with Crippen LogP contribution in [-0.2, 0) is 0 Å². The second-order valence-electron chi connectivity index (χ2n) is 1.93. The third-order valence-electron chi connectivity index (χ3n) is 1.25. The van der Waals surface area contributed by atoms with Crippen LogP contribution in [-0.4, -0.2) is 18.5 Å². The summed E-state index contributed by atoms with van der Waals surface area (Å²) in [7, 11) is 0. The first kappa shape index (κ1) is 7.18. The van der Waals surface area contributed by atoms with Crippen molar-refractivity contribution in [1.82, 2.24) is 5.16 Å². The second-order valence-corrected chi connectivity index (χ2v) is 1.93. The van der Waals surface area contributed by atoms with Crippen molar-refractivity contribution in [1.29, 1.82) is 0 Å². The summed E-state index contributed by atoms with van der Waals surface area (Å²) in [4.78, 5) is 0. The molecule has 1 rings (SSSR count). The number of rotatable bonds is 3. The summed E-state index contributed by atoms with van der Waals surface area (Å²) in [6, 6.07) is 1.46. The van der Waals surface area contributed by atoms with Crippen LogP contribution in [0.3, 0.4) is 0 Å². The van der Waals surface area contributed by atoms with E-state index in [1.54, 1.807) is 0 Å². The Hall–Kier alpha value is -0.930. The van der Waals surface area contributed by atoms with E-state index in [-0.39, 0.29) is 0 Å². The van der Waals surface area contributed by atoms with Crippen LogP contribution >= 0.6 is 0 Å². The van der Waals surface area contributed by atoms with Crippen LogP contribution in [0.5, 0.6) is 0 Å². The zero-order valence-corrected chi connectivity index (χ0v) is 5.26. The first-order valence-electron chi connectivity index (χ1n) is 2.90. The third-order valence-corrected chi connectivity index (χ3v) is 1.25. The maximum Gasteiger partial charge on any atom is 0.124 e. The first-order chi connectivity index (χ1) is 4.88. The van der Waals surface area contributed by atoms with Gasteiger partial charge in [-0.25, -0.2) is 0 Å². The molecule has 1 aromatic heterocycles. The number of nitrogens with zero attached hydrogens (tertiary/aromatic N) is 1. The summed E-state index contributed by atoms with van der Waals surface area (Å²) in [6.07, 6.45) is 1.30. The molecule has 4 heteroatoms. The quantitative estimate of drug-likeness (QED) is 0.650. The van der Waals surface area contributed by atoms with Gasteiger partial charge in [-0.1, -0.05) is 5.16 Å². The van der Waals surface area contributed by atoms with Gasteiger partial charge in [-0.2, -0.15) is 0 Å². The number of halogens is 2. The molecular formula is C6H7F2NO. The highest BCUT2D eigenvalue weighted by Crippen LogP contribution is 2.13. The number of alkyl halides is 2. The van der Waals surface area contributed by atoms with Crippen LogP contribution in [0.2, 0.25) is 0 Å².